The van der Waals surface area contributed by atoms with Gasteiger partial charge in [0.2, 0.25) is 0 Å². The number of phenolic OH excluding ortho intramolecular Hbond substituents is 1. The van der Waals surface area contributed by atoms with Gasteiger partial charge in [0.05, 0.1) is 5.39 Å². The number of benzene rings is 1. The smallest absolute Gasteiger partial charge is 0.347 e. The van der Waals surface area contributed by atoms with Crippen LogP contribution in [-0.2, 0) is 0 Å². The van der Waals surface area contributed by atoms with Crippen LogP contribution in [0.2, 0.25) is 0 Å². The minimum atomic E-state index is -0.615. The largest absolute Gasteiger partial charge is 0.506 e. The molecule has 18 heavy (non-hydrogen) atoms. The summed E-state index contributed by atoms with van der Waals surface area (Å²) >= 11 is 0. The average Bonchev–Trinajstić information content (AvgIpc) is 2.27. The van der Waals surface area contributed by atoms with Gasteiger partial charge in [-0.1, -0.05) is 0 Å². The zero-order valence-electron chi connectivity index (χ0n) is 9.39. The van der Waals surface area contributed by atoms with E-state index in [4.69, 9.17) is 8.83 Å². The van der Waals surface area contributed by atoms with Crippen LogP contribution in [0.4, 0.5) is 0 Å². The summed E-state index contributed by atoms with van der Waals surface area (Å²) in [6.45, 7) is 1.63. The van der Waals surface area contributed by atoms with Crippen molar-refractivity contribution in [1.29, 1.82) is 0 Å². The molecular weight excluding hydrogens is 236 g/mol. The van der Waals surface area contributed by atoms with Crippen LogP contribution in [0.3, 0.4) is 0 Å². The standard InChI is InChI=1S/C13H8O5/c1-6-4-7-5-9-8(2-3-10(14)18-9)12(15)11(7)13(16)17-6/h2-5,15H,1H3. The molecule has 1 aromatic carbocycles. The fourth-order valence-electron chi connectivity index (χ4n) is 1.99. The van der Waals surface area contributed by atoms with Crippen LogP contribution in [0, 0.1) is 6.92 Å². The Balaban J connectivity index is 2.65. The van der Waals surface area contributed by atoms with Gasteiger partial charge in [-0.3, -0.25) is 0 Å². The minimum Gasteiger partial charge on any atom is -0.506 e. The maximum absolute atomic E-state index is 11.7. The second-order valence-corrected chi connectivity index (χ2v) is 4.00. The fraction of sp³-hybridized carbons (Fsp3) is 0.0769. The Morgan fingerprint density at radius 1 is 1.11 bits per heavy atom. The molecule has 0 saturated heterocycles. The van der Waals surface area contributed by atoms with Crippen LogP contribution >= 0.6 is 0 Å². The van der Waals surface area contributed by atoms with Crippen LogP contribution < -0.4 is 11.3 Å². The number of aromatic hydroxyl groups is 1. The van der Waals surface area contributed by atoms with Gasteiger partial charge < -0.3 is 13.9 Å². The van der Waals surface area contributed by atoms with Crippen LogP contribution in [0.1, 0.15) is 5.76 Å². The van der Waals surface area contributed by atoms with Crippen molar-refractivity contribution in [2.75, 3.05) is 0 Å². The lowest BCUT2D eigenvalue weighted by Gasteiger charge is -2.04. The summed E-state index contributed by atoms with van der Waals surface area (Å²) in [5.41, 5.74) is -0.894. The topological polar surface area (TPSA) is 80.6 Å². The molecule has 0 aliphatic heterocycles. The zero-order valence-corrected chi connectivity index (χ0v) is 9.39. The molecule has 1 N–H and O–H groups in total. The van der Waals surface area contributed by atoms with E-state index < -0.39 is 11.3 Å². The van der Waals surface area contributed by atoms with Gasteiger partial charge in [-0.25, -0.2) is 9.59 Å². The Labute approximate surface area is 99.9 Å². The predicted molar refractivity (Wildman–Crippen MR) is 64.9 cm³/mol. The van der Waals surface area contributed by atoms with E-state index in [0.717, 1.165) is 0 Å². The van der Waals surface area contributed by atoms with Gasteiger partial charge in [0.1, 0.15) is 22.5 Å². The third-order valence-corrected chi connectivity index (χ3v) is 2.75. The predicted octanol–water partition coefficient (Wildman–Crippen LogP) is 1.91. The number of hydrogen-bond donors (Lipinski definition) is 1. The summed E-state index contributed by atoms with van der Waals surface area (Å²) in [6, 6.07) is 5.73. The first-order valence-electron chi connectivity index (χ1n) is 5.26. The van der Waals surface area contributed by atoms with E-state index in [1.165, 1.54) is 18.2 Å². The van der Waals surface area contributed by atoms with Crippen molar-refractivity contribution in [3.05, 3.63) is 50.9 Å². The zero-order chi connectivity index (χ0) is 12.9. The van der Waals surface area contributed by atoms with Gasteiger partial charge >= 0.3 is 11.3 Å². The fourth-order valence-corrected chi connectivity index (χ4v) is 1.99. The van der Waals surface area contributed by atoms with Gasteiger partial charge in [-0.15, -0.1) is 0 Å². The van der Waals surface area contributed by atoms with Gasteiger partial charge in [0.15, 0.2) is 0 Å². The Morgan fingerprint density at radius 2 is 1.89 bits per heavy atom. The number of rotatable bonds is 0. The molecule has 5 nitrogen and oxygen atoms in total. The number of aryl methyl sites for hydroxylation is 1. The molecule has 0 saturated carbocycles. The van der Waals surface area contributed by atoms with Gasteiger partial charge in [-0.2, -0.15) is 0 Å². The number of fused-ring (bicyclic) bond motifs is 2. The van der Waals surface area contributed by atoms with Gasteiger partial charge in [0.25, 0.3) is 0 Å². The van der Waals surface area contributed by atoms with Crippen molar-refractivity contribution >= 4 is 21.7 Å². The molecule has 0 spiro atoms. The van der Waals surface area contributed by atoms with Crippen LogP contribution in [0.25, 0.3) is 21.7 Å². The summed E-state index contributed by atoms with van der Waals surface area (Å²) in [7, 11) is 0. The first-order chi connectivity index (χ1) is 8.56. The van der Waals surface area contributed by atoms with E-state index in [-0.39, 0.29) is 16.7 Å². The third kappa shape index (κ3) is 1.41. The molecule has 0 fully saturated rings. The molecule has 0 aliphatic rings. The van der Waals surface area contributed by atoms with Crippen molar-refractivity contribution in [1.82, 2.24) is 0 Å². The molecule has 5 heteroatoms. The number of hydrogen-bond acceptors (Lipinski definition) is 5. The van der Waals surface area contributed by atoms with Crippen molar-refractivity contribution in [3.8, 4) is 5.75 Å². The molecule has 0 atom stereocenters. The van der Waals surface area contributed by atoms with E-state index in [0.29, 0.717) is 16.5 Å². The molecule has 90 valence electrons. The maximum Gasteiger partial charge on any atom is 0.347 e. The second kappa shape index (κ2) is 3.46. The van der Waals surface area contributed by atoms with Crippen molar-refractivity contribution in [2.24, 2.45) is 0 Å². The van der Waals surface area contributed by atoms with Gasteiger partial charge in [-0.05, 0) is 30.5 Å². The Bertz CT molecular complexity index is 885. The quantitative estimate of drug-likeness (QED) is 0.482. The van der Waals surface area contributed by atoms with E-state index in [9.17, 15) is 14.7 Å². The van der Waals surface area contributed by atoms with Gasteiger partial charge in [0, 0.05) is 6.07 Å². The first-order valence-corrected chi connectivity index (χ1v) is 5.26. The summed E-state index contributed by atoms with van der Waals surface area (Å²) in [5.74, 6) is 0.185. The Morgan fingerprint density at radius 3 is 2.67 bits per heavy atom. The lowest BCUT2D eigenvalue weighted by Crippen LogP contribution is -2.02. The highest BCUT2D eigenvalue weighted by Gasteiger charge is 2.13. The summed E-state index contributed by atoms with van der Waals surface area (Å²) in [5, 5.41) is 10.9. The molecule has 0 aliphatic carbocycles. The van der Waals surface area contributed by atoms with Crippen LogP contribution in [0.15, 0.2) is 42.7 Å². The average molecular weight is 244 g/mol. The molecule has 0 bridgehead atoms. The molecule has 0 amide bonds. The highest BCUT2D eigenvalue weighted by Crippen LogP contribution is 2.31. The molecule has 2 heterocycles. The molecular formula is C13H8O5. The highest BCUT2D eigenvalue weighted by atomic mass is 16.4. The first kappa shape index (κ1) is 10.6. The molecule has 2 aromatic heterocycles. The molecule has 0 unspecified atom stereocenters. The monoisotopic (exact) mass is 244 g/mol. The second-order valence-electron chi connectivity index (χ2n) is 4.00. The van der Waals surface area contributed by atoms with Crippen molar-refractivity contribution < 1.29 is 13.9 Å². The van der Waals surface area contributed by atoms with E-state index in [1.807, 2.05) is 0 Å². The summed E-state index contributed by atoms with van der Waals surface area (Å²) in [4.78, 5) is 22.8. The van der Waals surface area contributed by atoms with E-state index >= 15 is 0 Å². The maximum atomic E-state index is 11.7. The van der Waals surface area contributed by atoms with Crippen LogP contribution in [-0.4, -0.2) is 5.11 Å². The highest BCUT2D eigenvalue weighted by molar-refractivity contribution is 6.02. The summed E-state index contributed by atoms with van der Waals surface area (Å²) in [6.07, 6.45) is 0. The molecule has 3 aromatic rings. The lowest BCUT2D eigenvalue weighted by atomic mass is 10.1. The van der Waals surface area contributed by atoms with E-state index in [1.54, 1.807) is 13.0 Å². The Hall–Kier alpha value is -2.56. The SMILES string of the molecule is Cc1cc2cc3oc(=O)ccc3c(O)c2c(=O)o1. The molecule has 3 rings (SSSR count). The summed E-state index contributed by atoms with van der Waals surface area (Å²) < 4.78 is 9.92. The molecule has 0 radical (unpaired) electrons. The minimum absolute atomic E-state index is 0.0851. The third-order valence-electron chi connectivity index (χ3n) is 2.75. The number of phenols is 1. The lowest BCUT2D eigenvalue weighted by molar-refractivity contribution is 0.468. The van der Waals surface area contributed by atoms with E-state index in [2.05, 4.69) is 0 Å². The van der Waals surface area contributed by atoms with Crippen molar-refractivity contribution in [2.45, 2.75) is 6.92 Å². The van der Waals surface area contributed by atoms with Crippen molar-refractivity contribution in [3.63, 3.8) is 0 Å². The Kier molecular flexibility index (Phi) is 2.04. The normalized spacial score (nSPS) is 11.2. The van der Waals surface area contributed by atoms with Crippen LogP contribution in [0.5, 0.6) is 5.75 Å².